The van der Waals surface area contributed by atoms with Crippen LogP contribution < -0.4 is 10.2 Å². The molecule has 9 heteroatoms. The second-order valence-electron chi connectivity index (χ2n) is 9.45. The smallest absolute Gasteiger partial charge is 0.248 e. The molecule has 180 valence electrons. The van der Waals surface area contributed by atoms with Crippen molar-refractivity contribution in [2.45, 2.75) is 50.9 Å². The molecule has 1 saturated carbocycles. The molecule has 0 bridgehead atoms. The summed E-state index contributed by atoms with van der Waals surface area (Å²) in [5.74, 6) is -0.600. The molecule has 4 aromatic rings. The predicted octanol–water partition coefficient (Wildman–Crippen LogP) is 6.70. The van der Waals surface area contributed by atoms with Crippen molar-refractivity contribution in [1.29, 1.82) is 0 Å². The number of nitrogens with zero attached hydrogens (tertiary/aromatic N) is 5. The molecule has 2 fully saturated rings. The molecule has 0 amide bonds. The molecule has 0 aromatic carbocycles. The first-order valence-electron chi connectivity index (χ1n) is 12.0. The molecule has 1 aliphatic carbocycles. The van der Waals surface area contributed by atoms with E-state index in [1.54, 1.807) is 17.5 Å². The zero-order chi connectivity index (χ0) is 24.0. The lowest BCUT2D eigenvalue weighted by Gasteiger charge is -2.24. The molecule has 2 aliphatic rings. The molecule has 1 unspecified atom stereocenters. The quantitative estimate of drug-likeness (QED) is 0.334. The van der Waals surface area contributed by atoms with Crippen LogP contribution in [0.2, 0.25) is 0 Å². The minimum Gasteiger partial charge on any atom is -0.356 e. The lowest BCUT2D eigenvalue weighted by atomic mass is 9.97. The van der Waals surface area contributed by atoms with Gasteiger partial charge in [0.15, 0.2) is 0 Å². The molecular formula is C26H26F2N6S. The number of pyridine rings is 3. The fourth-order valence-corrected chi connectivity index (χ4v) is 6.07. The number of hydrogen-bond donors (Lipinski definition) is 1. The summed E-state index contributed by atoms with van der Waals surface area (Å²) < 4.78 is 28.9. The molecule has 1 aliphatic heterocycles. The van der Waals surface area contributed by atoms with E-state index >= 15 is 0 Å². The van der Waals surface area contributed by atoms with Gasteiger partial charge >= 0.3 is 0 Å². The van der Waals surface area contributed by atoms with Crippen LogP contribution in [-0.2, 0) is 0 Å². The van der Waals surface area contributed by atoms with E-state index in [1.807, 2.05) is 43.5 Å². The van der Waals surface area contributed by atoms with Crippen LogP contribution in [0.1, 0.15) is 49.1 Å². The number of hydrogen-bond acceptors (Lipinski definition) is 7. The van der Waals surface area contributed by atoms with Crippen LogP contribution in [0.25, 0.3) is 20.9 Å². The summed E-state index contributed by atoms with van der Waals surface area (Å²) in [5.41, 5.74) is 3.75. The molecule has 4 aromatic heterocycles. The van der Waals surface area contributed by atoms with Gasteiger partial charge in [-0.1, -0.05) is 12.1 Å². The number of anilines is 3. The van der Waals surface area contributed by atoms with Crippen molar-refractivity contribution in [2.24, 2.45) is 0 Å². The Hall–Kier alpha value is -3.20. The molecule has 1 N–H and O–H groups in total. The fraction of sp³-hybridized carbons (Fsp3) is 0.385. The van der Waals surface area contributed by atoms with Crippen molar-refractivity contribution in [3.05, 3.63) is 53.9 Å². The van der Waals surface area contributed by atoms with Crippen LogP contribution in [-0.4, -0.2) is 38.9 Å². The van der Waals surface area contributed by atoms with Gasteiger partial charge < -0.3 is 10.2 Å². The van der Waals surface area contributed by atoms with E-state index < -0.39 is 5.92 Å². The Kier molecular flexibility index (Phi) is 5.59. The van der Waals surface area contributed by atoms with Gasteiger partial charge in [-0.15, -0.1) is 11.3 Å². The highest BCUT2D eigenvalue weighted by atomic mass is 32.1. The van der Waals surface area contributed by atoms with Gasteiger partial charge in [0.25, 0.3) is 0 Å². The summed E-state index contributed by atoms with van der Waals surface area (Å²) in [6, 6.07) is 9.71. The van der Waals surface area contributed by atoms with Crippen molar-refractivity contribution >= 4 is 39.0 Å². The van der Waals surface area contributed by atoms with Crippen LogP contribution in [0.5, 0.6) is 0 Å². The van der Waals surface area contributed by atoms with Gasteiger partial charge in [-0.05, 0) is 55.4 Å². The van der Waals surface area contributed by atoms with Gasteiger partial charge in [0.05, 0.1) is 10.2 Å². The van der Waals surface area contributed by atoms with E-state index in [0.717, 1.165) is 63.8 Å². The predicted molar refractivity (Wildman–Crippen MR) is 136 cm³/mol. The second-order valence-corrected chi connectivity index (χ2v) is 10.5. The number of halogens is 2. The highest BCUT2D eigenvalue weighted by molar-refractivity contribution is 7.21. The fourth-order valence-electron chi connectivity index (χ4n) is 5.09. The van der Waals surface area contributed by atoms with E-state index in [1.165, 1.54) is 0 Å². The first kappa shape index (κ1) is 22.3. The Morgan fingerprint density at radius 3 is 2.71 bits per heavy atom. The average molecular weight is 493 g/mol. The summed E-state index contributed by atoms with van der Waals surface area (Å²) in [7, 11) is 0. The lowest BCUT2D eigenvalue weighted by molar-refractivity contribution is 0.00777. The number of aromatic nitrogens is 4. The van der Waals surface area contributed by atoms with E-state index in [2.05, 4.69) is 20.2 Å². The summed E-state index contributed by atoms with van der Waals surface area (Å²) in [4.78, 5) is 20.9. The maximum absolute atomic E-state index is 14.0. The van der Waals surface area contributed by atoms with Gasteiger partial charge in [0.2, 0.25) is 5.92 Å². The number of nitrogens with one attached hydrogen (secondary N) is 1. The van der Waals surface area contributed by atoms with Crippen LogP contribution in [0, 0.1) is 6.92 Å². The van der Waals surface area contributed by atoms with Gasteiger partial charge in [-0.3, -0.25) is 4.98 Å². The molecule has 6 nitrogen and oxygen atoms in total. The number of rotatable bonds is 5. The van der Waals surface area contributed by atoms with Gasteiger partial charge in [0, 0.05) is 44.4 Å². The monoisotopic (exact) mass is 492 g/mol. The minimum atomic E-state index is -2.58. The van der Waals surface area contributed by atoms with Crippen LogP contribution >= 0.6 is 11.3 Å². The molecule has 0 spiro atoms. The number of thiazole rings is 1. The Balaban J connectivity index is 1.29. The first-order valence-corrected chi connectivity index (χ1v) is 12.9. The standard InChI is InChI=1S/C26H26F2N6S/c1-16-5-4-10-29-23(16)25-31-19-13-22(30-15-20(19)35-25)32-21-7-6-18(17-8-9-26(27,28)14-17)24(33-21)34-11-2-3-12-34/h4-7,10,13,15,17H,2-3,8-9,11-12,14H2,1H3,(H,30,32,33). The third-order valence-corrected chi connectivity index (χ3v) is 7.91. The van der Waals surface area contributed by atoms with Crippen molar-refractivity contribution in [3.63, 3.8) is 0 Å². The topological polar surface area (TPSA) is 66.8 Å². The zero-order valence-corrected chi connectivity index (χ0v) is 20.3. The van der Waals surface area contributed by atoms with Crippen LogP contribution in [0.4, 0.5) is 26.2 Å². The minimum absolute atomic E-state index is 0.0469. The third kappa shape index (κ3) is 4.45. The largest absolute Gasteiger partial charge is 0.356 e. The van der Waals surface area contributed by atoms with E-state index in [-0.39, 0.29) is 18.8 Å². The van der Waals surface area contributed by atoms with E-state index in [9.17, 15) is 8.78 Å². The Morgan fingerprint density at radius 1 is 1.09 bits per heavy atom. The number of alkyl halides is 2. The summed E-state index contributed by atoms with van der Waals surface area (Å²) in [6.45, 7) is 3.84. The molecule has 35 heavy (non-hydrogen) atoms. The summed E-state index contributed by atoms with van der Waals surface area (Å²) in [5, 5.41) is 4.17. The van der Waals surface area contributed by atoms with Crippen molar-refractivity contribution in [1.82, 2.24) is 19.9 Å². The molecule has 1 atom stereocenters. The van der Waals surface area contributed by atoms with Gasteiger partial charge in [-0.2, -0.15) is 0 Å². The molecule has 1 saturated heterocycles. The van der Waals surface area contributed by atoms with E-state index in [0.29, 0.717) is 18.1 Å². The number of aryl methyl sites for hydroxylation is 1. The van der Waals surface area contributed by atoms with Crippen LogP contribution in [0.3, 0.4) is 0 Å². The normalized spacial score (nSPS) is 19.5. The Morgan fingerprint density at radius 2 is 1.94 bits per heavy atom. The summed E-state index contributed by atoms with van der Waals surface area (Å²) in [6.07, 6.45) is 6.14. The van der Waals surface area contributed by atoms with Gasteiger partial charge in [0.1, 0.15) is 28.2 Å². The van der Waals surface area contributed by atoms with Crippen LogP contribution in [0.15, 0.2) is 42.7 Å². The van der Waals surface area contributed by atoms with Gasteiger partial charge in [-0.25, -0.2) is 23.7 Å². The van der Waals surface area contributed by atoms with Crippen molar-refractivity contribution in [2.75, 3.05) is 23.3 Å². The lowest BCUT2D eigenvalue weighted by Crippen LogP contribution is -2.22. The third-order valence-electron chi connectivity index (χ3n) is 6.90. The maximum Gasteiger partial charge on any atom is 0.248 e. The SMILES string of the molecule is Cc1cccnc1-c1nc2cc(Nc3ccc(C4CCC(F)(F)C4)c(N4CCCC4)n3)ncc2s1. The molecular weight excluding hydrogens is 466 g/mol. The maximum atomic E-state index is 14.0. The van der Waals surface area contributed by atoms with E-state index in [4.69, 9.17) is 9.97 Å². The molecule has 0 radical (unpaired) electrons. The Labute approximate surface area is 206 Å². The second kappa shape index (κ2) is 8.78. The molecule has 5 heterocycles. The van der Waals surface area contributed by atoms with Crippen molar-refractivity contribution in [3.8, 4) is 10.7 Å². The zero-order valence-electron chi connectivity index (χ0n) is 19.5. The summed E-state index contributed by atoms with van der Waals surface area (Å²) >= 11 is 1.57. The first-order chi connectivity index (χ1) is 16.9. The number of fused-ring (bicyclic) bond motifs is 1. The molecule has 6 rings (SSSR count). The Bertz CT molecular complexity index is 1380. The van der Waals surface area contributed by atoms with Crippen molar-refractivity contribution < 1.29 is 8.78 Å². The highest BCUT2D eigenvalue weighted by Crippen LogP contribution is 2.46. The average Bonchev–Trinajstić information content (AvgIpc) is 3.59. The highest BCUT2D eigenvalue weighted by Gasteiger charge is 2.41.